The highest BCUT2D eigenvalue weighted by Crippen LogP contribution is 2.24. The minimum Gasteiger partial charge on any atom is -0.494 e. The molecule has 196 valence electrons. The van der Waals surface area contributed by atoms with Crippen LogP contribution in [-0.4, -0.2) is 24.0 Å². The maximum absolute atomic E-state index is 12.5. The molecule has 0 saturated carbocycles. The number of nitrogens with zero attached hydrogens (tertiary/aromatic N) is 1. The molecule has 1 amide bonds. The number of amides is 1. The van der Waals surface area contributed by atoms with Crippen molar-refractivity contribution in [2.75, 3.05) is 13.2 Å². The number of carbonyl (C=O) groups is 1. The molecule has 1 unspecified atom stereocenters. The fourth-order valence-corrected chi connectivity index (χ4v) is 2.98. The first kappa shape index (κ1) is 36.3. The highest BCUT2D eigenvalue weighted by molar-refractivity contribution is 5.76. The number of ether oxygens (including phenoxy) is 1. The van der Waals surface area contributed by atoms with E-state index in [1.165, 1.54) is 11.1 Å². The molecule has 0 aliphatic rings. The highest BCUT2D eigenvalue weighted by atomic mass is 16.5. The quantitative estimate of drug-likeness (QED) is 0.363. The van der Waals surface area contributed by atoms with E-state index >= 15 is 0 Å². The Balaban J connectivity index is -0.00000108. The second kappa shape index (κ2) is 25.3. The van der Waals surface area contributed by atoms with Crippen molar-refractivity contribution in [3.63, 3.8) is 0 Å². The topological polar surface area (TPSA) is 29.5 Å². The normalized spacial score (nSPS) is 9.76. The van der Waals surface area contributed by atoms with Gasteiger partial charge in [-0.3, -0.25) is 4.79 Å². The molecule has 0 N–H and O–H groups in total. The number of hydrogen-bond donors (Lipinski definition) is 0. The van der Waals surface area contributed by atoms with E-state index in [2.05, 4.69) is 57.2 Å². The summed E-state index contributed by atoms with van der Waals surface area (Å²) < 4.78 is 5.65. The first-order chi connectivity index (χ1) is 16.5. The number of carbonyl (C=O) groups excluding carboxylic acids is 1. The summed E-state index contributed by atoms with van der Waals surface area (Å²) >= 11 is 0. The molecule has 0 spiro atoms. The van der Waals surface area contributed by atoms with Gasteiger partial charge in [-0.1, -0.05) is 111 Å². The molecule has 2 aromatic carbocycles. The molecule has 0 saturated heterocycles. The van der Waals surface area contributed by atoms with Gasteiger partial charge in [-0.25, -0.2) is 0 Å². The SMILES string of the molecule is CC.CC.CC.CC.CCCOc1ccc(C(C)N(CCc2ccc(C)cc2)C(=O)CC)cc1. The van der Waals surface area contributed by atoms with Crippen LogP contribution in [0.3, 0.4) is 0 Å². The van der Waals surface area contributed by atoms with Gasteiger partial charge in [0.25, 0.3) is 0 Å². The molecule has 0 aliphatic carbocycles. The van der Waals surface area contributed by atoms with E-state index in [0.29, 0.717) is 6.42 Å². The zero-order chi connectivity index (χ0) is 26.9. The summed E-state index contributed by atoms with van der Waals surface area (Å²) in [6, 6.07) is 16.7. The fourth-order valence-electron chi connectivity index (χ4n) is 2.98. The van der Waals surface area contributed by atoms with Crippen LogP contribution in [0.4, 0.5) is 0 Å². The Bertz CT molecular complexity index is 678. The van der Waals surface area contributed by atoms with Gasteiger partial charge in [0.15, 0.2) is 0 Å². The van der Waals surface area contributed by atoms with Crippen molar-refractivity contribution in [1.82, 2.24) is 4.90 Å². The number of rotatable bonds is 9. The summed E-state index contributed by atoms with van der Waals surface area (Å²) in [5, 5.41) is 0. The smallest absolute Gasteiger partial charge is 0.222 e. The maximum Gasteiger partial charge on any atom is 0.222 e. The van der Waals surface area contributed by atoms with Crippen LogP contribution in [-0.2, 0) is 11.2 Å². The molecule has 3 heteroatoms. The van der Waals surface area contributed by atoms with Gasteiger partial charge >= 0.3 is 0 Å². The third kappa shape index (κ3) is 14.8. The van der Waals surface area contributed by atoms with Gasteiger partial charge in [0.2, 0.25) is 5.91 Å². The maximum atomic E-state index is 12.5. The molecule has 1 atom stereocenters. The molecule has 2 rings (SSSR count). The second-order valence-electron chi connectivity index (χ2n) is 6.77. The third-order valence-electron chi connectivity index (χ3n) is 4.69. The van der Waals surface area contributed by atoms with Crippen LogP contribution < -0.4 is 4.74 Å². The lowest BCUT2D eigenvalue weighted by Gasteiger charge is -2.30. The second-order valence-corrected chi connectivity index (χ2v) is 6.77. The molecular formula is C31H55NO2. The zero-order valence-corrected chi connectivity index (χ0v) is 24.5. The number of benzene rings is 2. The Labute approximate surface area is 212 Å². The van der Waals surface area contributed by atoms with E-state index < -0.39 is 0 Å². The summed E-state index contributed by atoms with van der Waals surface area (Å²) in [5.41, 5.74) is 3.66. The molecule has 34 heavy (non-hydrogen) atoms. The van der Waals surface area contributed by atoms with E-state index in [4.69, 9.17) is 4.74 Å². The van der Waals surface area contributed by atoms with Crippen LogP contribution >= 0.6 is 0 Å². The van der Waals surface area contributed by atoms with Crippen molar-refractivity contribution in [3.05, 3.63) is 65.2 Å². The van der Waals surface area contributed by atoms with Gasteiger partial charge < -0.3 is 9.64 Å². The Morgan fingerprint density at radius 3 is 1.76 bits per heavy atom. The summed E-state index contributed by atoms with van der Waals surface area (Å²) in [6.07, 6.45) is 2.39. The first-order valence-electron chi connectivity index (χ1n) is 13.6. The molecule has 0 aliphatic heterocycles. The van der Waals surface area contributed by atoms with Crippen LogP contribution in [0.1, 0.15) is 112 Å². The molecule has 0 heterocycles. The average Bonchev–Trinajstić information content (AvgIpc) is 2.93. The molecular weight excluding hydrogens is 418 g/mol. The third-order valence-corrected chi connectivity index (χ3v) is 4.69. The molecule has 0 fully saturated rings. The van der Waals surface area contributed by atoms with Gasteiger partial charge in [0, 0.05) is 13.0 Å². The highest BCUT2D eigenvalue weighted by Gasteiger charge is 2.20. The summed E-state index contributed by atoms with van der Waals surface area (Å²) in [4.78, 5) is 14.5. The lowest BCUT2D eigenvalue weighted by atomic mass is 10.0. The Morgan fingerprint density at radius 1 is 0.824 bits per heavy atom. The van der Waals surface area contributed by atoms with Crippen LogP contribution in [0.25, 0.3) is 0 Å². The van der Waals surface area contributed by atoms with Crippen LogP contribution in [0.5, 0.6) is 5.75 Å². The van der Waals surface area contributed by atoms with Gasteiger partial charge in [-0.15, -0.1) is 0 Å². The van der Waals surface area contributed by atoms with E-state index in [1.807, 2.05) is 79.3 Å². The van der Waals surface area contributed by atoms with Crippen molar-refractivity contribution in [3.8, 4) is 5.75 Å². The predicted molar refractivity (Wildman–Crippen MR) is 153 cm³/mol. The summed E-state index contributed by atoms with van der Waals surface area (Å²) in [7, 11) is 0. The fraction of sp³-hybridized carbons (Fsp3) is 0.581. The van der Waals surface area contributed by atoms with Gasteiger partial charge in [0.05, 0.1) is 12.6 Å². The minimum absolute atomic E-state index is 0.0492. The van der Waals surface area contributed by atoms with Crippen LogP contribution in [0, 0.1) is 6.92 Å². The monoisotopic (exact) mass is 473 g/mol. The average molecular weight is 474 g/mol. The summed E-state index contributed by atoms with van der Waals surface area (Å²) in [5.74, 6) is 1.08. The Hall–Kier alpha value is -2.29. The largest absolute Gasteiger partial charge is 0.494 e. The van der Waals surface area contributed by atoms with E-state index in [1.54, 1.807) is 0 Å². The minimum atomic E-state index is 0.0492. The lowest BCUT2D eigenvalue weighted by molar-refractivity contribution is -0.133. The summed E-state index contributed by atoms with van der Waals surface area (Å²) in [6.45, 7) is 25.7. The van der Waals surface area contributed by atoms with Crippen molar-refractivity contribution in [1.29, 1.82) is 0 Å². The van der Waals surface area contributed by atoms with Crippen molar-refractivity contribution in [2.24, 2.45) is 0 Å². The van der Waals surface area contributed by atoms with Crippen molar-refractivity contribution < 1.29 is 9.53 Å². The van der Waals surface area contributed by atoms with Gasteiger partial charge in [-0.05, 0) is 49.9 Å². The number of aryl methyl sites for hydroxylation is 1. The van der Waals surface area contributed by atoms with E-state index in [9.17, 15) is 4.79 Å². The van der Waals surface area contributed by atoms with Gasteiger partial charge in [0.1, 0.15) is 5.75 Å². The first-order valence-corrected chi connectivity index (χ1v) is 13.6. The van der Waals surface area contributed by atoms with E-state index in [0.717, 1.165) is 37.3 Å². The Morgan fingerprint density at radius 2 is 1.32 bits per heavy atom. The van der Waals surface area contributed by atoms with Crippen LogP contribution in [0.2, 0.25) is 0 Å². The standard InChI is InChI=1S/C23H31NO2.4C2H6/c1-5-17-26-22-13-11-21(12-14-22)19(4)24(23(25)6-2)16-15-20-9-7-18(3)8-10-20;4*1-2/h7-14,19H,5-6,15-17H2,1-4H3;4*1-2H3. The lowest BCUT2D eigenvalue weighted by Crippen LogP contribution is -2.34. The van der Waals surface area contributed by atoms with Gasteiger partial charge in [-0.2, -0.15) is 0 Å². The predicted octanol–water partition coefficient (Wildman–Crippen LogP) is 9.43. The van der Waals surface area contributed by atoms with E-state index in [-0.39, 0.29) is 11.9 Å². The molecule has 0 radical (unpaired) electrons. The van der Waals surface area contributed by atoms with Crippen molar-refractivity contribution >= 4 is 5.91 Å². The molecule has 3 nitrogen and oxygen atoms in total. The molecule has 0 aromatic heterocycles. The van der Waals surface area contributed by atoms with Crippen molar-refractivity contribution in [2.45, 2.75) is 108 Å². The molecule has 2 aromatic rings. The Kier molecular flexibility index (Phi) is 27.0. The zero-order valence-electron chi connectivity index (χ0n) is 24.5. The molecule has 0 bridgehead atoms. The van der Waals surface area contributed by atoms with Crippen LogP contribution in [0.15, 0.2) is 48.5 Å². The number of hydrogen-bond acceptors (Lipinski definition) is 2.